The third-order valence-electron chi connectivity index (χ3n) is 3.72. The number of aliphatic hydroxyl groups excluding tert-OH is 1. The highest BCUT2D eigenvalue weighted by Crippen LogP contribution is 2.22. The number of hydrogen-bond acceptors (Lipinski definition) is 3. The Balaban J connectivity index is 2.00. The summed E-state index contributed by atoms with van der Waals surface area (Å²) in [6.07, 6.45) is 2.73. The molecule has 0 bridgehead atoms. The number of carbonyl (C=O) groups is 1. The summed E-state index contributed by atoms with van der Waals surface area (Å²) in [7, 11) is 1.76. The average molecular weight is 284 g/mol. The van der Waals surface area contributed by atoms with Crippen LogP contribution < -0.4 is 0 Å². The first-order valence-corrected chi connectivity index (χ1v) is 6.98. The first-order valence-electron chi connectivity index (χ1n) is 6.98. The molecule has 4 nitrogen and oxygen atoms in total. The molecule has 1 aromatic carbocycles. The van der Waals surface area contributed by atoms with Crippen LogP contribution in [0.15, 0.2) is 54.9 Å². The molecule has 0 aliphatic rings. The van der Waals surface area contributed by atoms with Crippen molar-refractivity contribution in [2.24, 2.45) is 0 Å². The lowest BCUT2D eigenvalue weighted by Gasteiger charge is -2.26. The van der Waals surface area contributed by atoms with Crippen LogP contribution in [0.2, 0.25) is 0 Å². The molecule has 2 rings (SSSR count). The Labute approximate surface area is 125 Å². The van der Waals surface area contributed by atoms with Gasteiger partial charge in [-0.25, -0.2) is 0 Å². The topological polar surface area (TPSA) is 53.4 Å². The van der Waals surface area contributed by atoms with E-state index in [1.54, 1.807) is 24.3 Å². The molecule has 0 spiro atoms. The van der Waals surface area contributed by atoms with Gasteiger partial charge in [-0.1, -0.05) is 30.3 Å². The zero-order chi connectivity index (χ0) is 15.2. The second-order valence-electron chi connectivity index (χ2n) is 5.09. The summed E-state index contributed by atoms with van der Waals surface area (Å²) < 4.78 is 0. The monoisotopic (exact) mass is 284 g/mol. The SMILES string of the molecule is CC(c1ccncc1)N(C)C(=O)CC(O)c1ccccc1. The molecule has 0 saturated carbocycles. The predicted molar refractivity (Wildman–Crippen MR) is 81.4 cm³/mol. The molecule has 1 aromatic heterocycles. The fourth-order valence-electron chi connectivity index (χ4n) is 2.18. The molecule has 1 heterocycles. The molecule has 0 radical (unpaired) electrons. The normalized spacial score (nSPS) is 13.5. The van der Waals surface area contributed by atoms with Gasteiger partial charge in [0.15, 0.2) is 0 Å². The number of carbonyl (C=O) groups excluding carboxylic acids is 1. The molecule has 110 valence electrons. The molecular formula is C17H20N2O2. The quantitative estimate of drug-likeness (QED) is 0.918. The van der Waals surface area contributed by atoms with Crippen LogP contribution in [0.4, 0.5) is 0 Å². The van der Waals surface area contributed by atoms with E-state index in [1.807, 2.05) is 49.4 Å². The van der Waals surface area contributed by atoms with Crippen LogP contribution >= 0.6 is 0 Å². The van der Waals surface area contributed by atoms with Crippen LogP contribution in [0.1, 0.15) is 36.6 Å². The Morgan fingerprint density at radius 2 is 1.76 bits per heavy atom. The lowest BCUT2D eigenvalue weighted by atomic mass is 10.0. The van der Waals surface area contributed by atoms with Crippen LogP contribution in [0.25, 0.3) is 0 Å². The first kappa shape index (κ1) is 15.2. The maximum absolute atomic E-state index is 12.3. The van der Waals surface area contributed by atoms with Crippen LogP contribution in [0.5, 0.6) is 0 Å². The van der Waals surface area contributed by atoms with Gasteiger partial charge < -0.3 is 10.0 Å². The Hall–Kier alpha value is -2.20. The number of aliphatic hydroxyl groups is 1. The fraction of sp³-hybridized carbons (Fsp3) is 0.294. The van der Waals surface area contributed by atoms with Crippen molar-refractivity contribution in [3.63, 3.8) is 0 Å². The minimum Gasteiger partial charge on any atom is -0.388 e. The van der Waals surface area contributed by atoms with Gasteiger partial charge in [-0.15, -0.1) is 0 Å². The number of aromatic nitrogens is 1. The molecule has 1 amide bonds. The second-order valence-corrected chi connectivity index (χ2v) is 5.09. The predicted octanol–water partition coefficient (Wildman–Crippen LogP) is 2.72. The molecule has 2 unspecified atom stereocenters. The largest absolute Gasteiger partial charge is 0.388 e. The highest BCUT2D eigenvalue weighted by molar-refractivity contribution is 5.77. The number of rotatable bonds is 5. The number of pyridine rings is 1. The molecule has 1 N–H and O–H groups in total. The lowest BCUT2D eigenvalue weighted by molar-refractivity contribution is -0.134. The minimum atomic E-state index is -0.772. The molecule has 0 aliphatic heterocycles. The number of benzene rings is 1. The van der Waals surface area contributed by atoms with Crippen LogP contribution in [0.3, 0.4) is 0 Å². The van der Waals surface area contributed by atoms with E-state index in [0.717, 1.165) is 11.1 Å². The summed E-state index contributed by atoms with van der Waals surface area (Å²) in [6, 6.07) is 13.0. The fourth-order valence-corrected chi connectivity index (χ4v) is 2.18. The number of nitrogens with zero attached hydrogens (tertiary/aromatic N) is 2. The summed E-state index contributed by atoms with van der Waals surface area (Å²) in [4.78, 5) is 17.9. The van der Waals surface area contributed by atoms with Crippen molar-refractivity contribution in [1.82, 2.24) is 9.88 Å². The van der Waals surface area contributed by atoms with Gasteiger partial charge in [0.25, 0.3) is 0 Å². The van der Waals surface area contributed by atoms with E-state index < -0.39 is 6.10 Å². The maximum atomic E-state index is 12.3. The number of amides is 1. The molecule has 0 aliphatic carbocycles. The molecule has 0 saturated heterocycles. The van der Waals surface area contributed by atoms with Crippen molar-refractivity contribution in [2.45, 2.75) is 25.5 Å². The van der Waals surface area contributed by atoms with Crippen LogP contribution in [0, 0.1) is 0 Å². The third-order valence-corrected chi connectivity index (χ3v) is 3.72. The summed E-state index contributed by atoms with van der Waals surface area (Å²) in [5, 5.41) is 10.1. The van der Waals surface area contributed by atoms with Gasteiger partial charge in [0.05, 0.1) is 18.6 Å². The van der Waals surface area contributed by atoms with E-state index in [0.29, 0.717) is 0 Å². The summed E-state index contributed by atoms with van der Waals surface area (Å²) in [6.45, 7) is 1.96. The zero-order valence-electron chi connectivity index (χ0n) is 12.3. The second kappa shape index (κ2) is 6.99. The molecule has 4 heteroatoms. The molecule has 2 aromatic rings. The summed E-state index contributed by atoms with van der Waals surface area (Å²) in [5.41, 5.74) is 1.78. The highest BCUT2D eigenvalue weighted by atomic mass is 16.3. The van der Waals surface area contributed by atoms with Gasteiger partial charge >= 0.3 is 0 Å². The van der Waals surface area contributed by atoms with Gasteiger partial charge in [-0.3, -0.25) is 9.78 Å². The van der Waals surface area contributed by atoms with E-state index in [9.17, 15) is 9.90 Å². The van der Waals surface area contributed by atoms with Crippen LogP contribution in [-0.2, 0) is 4.79 Å². The smallest absolute Gasteiger partial charge is 0.225 e. The highest BCUT2D eigenvalue weighted by Gasteiger charge is 2.20. The maximum Gasteiger partial charge on any atom is 0.225 e. The van der Waals surface area contributed by atoms with E-state index in [1.165, 1.54) is 0 Å². The van der Waals surface area contributed by atoms with Crippen LogP contribution in [-0.4, -0.2) is 27.9 Å². The van der Waals surface area contributed by atoms with E-state index in [4.69, 9.17) is 0 Å². The van der Waals surface area contributed by atoms with Crippen molar-refractivity contribution >= 4 is 5.91 Å². The van der Waals surface area contributed by atoms with Crippen molar-refractivity contribution in [1.29, 1.82) is 0 Å². The van der Waals surface area contributed by atoms with E-state index in [2.05, 4.69) is 4.98 Å². The first-order chi connectivity index (χ1) is 10.1. The molecule has 21 heavy (non-hydrogen) atoms. The minimum absolute atomic E-state index is 0.0523. The van der Waals surface area contributed by atoms with E-state index >= 15 is 0 Å². The summed E-state index contributed by atoms with van der Waals surface area (Å²) >= 11 is 0. The molecular weight excluding hydrogens is 264 g/mol. The van der Waals surface area contributed by atoms with Gasteiger partial charge in [-0.05, 0) is 30.2 Å². The van der Waals surface area contributed by atoms with Crippen molar-refractivity contribution in [3.8, 4) is 0 Å². The average Bonchev–Trinajstić information content (AvgIpc) is 2.55. The summed E-state index contributed by atoms with van der Waals surface area (Å²) in [5.74, 6) is -0.0873. The Bertz CT molecular complexity index is 572. The lowest BCUT2D eigenvalue weighted by Crippen LogP contribution is -2.30. The Kier molecular flexibility index (Phi) is 5.06. The Morgan fingerprint density at radius 1 is 1.14 bits per heavy atom. The van der Waals surface area contributed by atoms with Gasteiger partial charge in [0.2, 0.25) is 5.91 Å². The van der Waals surface area contributed by atoms with Gasteiger partial charge in [0.1, 0.15) is 0 Å². The van der Waals surface area contributed by atoms with Gasteiger partial charge in [-0.2, -0.15) is 0 Å². The van der Waals surface area contributed by atoms with E-state index in [-0.39, 0.29) is 18.4 Å². The Morgan fingerprint density at radius 3 is 2.38 bits per heavy atom. The van der Waals surface area contributed by atoms with Crippen molar-refractivity contribution < 1.29 is 9.90 Å². The molecule has 0 fully saturated rings. The van der Waals surface area contributed by atoms with Crippen molar-refractivity contribution in [3.05, 3.63) is 66.0 Å². The standard InChI is InChI=1S/C17H20N2O2/c1-13(14-8-10-18-11-9-14)19(2)17(21)12-16(20)15-6-4-3-5-7-15/h3-11,13,16,20H,12H2,1-2H3. The zero-order valence-corrected chi connectivity index (χ0v) is 12.3. The number of hydrogen-bond donors (Lipinski definition) is 1. The third kappa shape index (κ3) is 3.89. The van der Waals surface area contributed by atoms with Crippen molar-refractivity contribution in [2.75, 3.05) is 7.05 Å². The molecule has 2 atom stereocenters. The van der Waals surface area contributed by atoms with Gasteiger partial charge in [0, 0.05) is 19.4 Å².